The minimum atomic E-state index is 0.268. The van der Waals surface area contributed by atoms with Gasteiger partial charge >= 0.3 is 0 Å². The molecule has 3 aromatic carbocycles. The van der Waals surface area contributed by atoms with Gasteiger partial charge in [0.1, 0.15) is 5.82 Å². The largest absolute Gasteiger partial charge is 0.341 e. The van der Waals surface area contributed by atoms with Crippen molar-refractivity contribution >= 4 is 21.8 Å². The number of pyridine rings is 2. The highest BCUT2D eigenvalue weighted by molar-refractivity contribution is 5.81. The zero-order valence-corrected chi connectivity index (χ0v) is 23.1. The maximum atomic E-state index is 4.90. The lowest BCUT2D eigenvalue weighted by Gasteiger charge is -2.34. The Hall–Kier alpha value is -4.39. The number of aryl methyl sites for hydroxylation is 1. The quantitative estimate of drug-likeness (QED) is 0.210. The second kappa shape index (κ2) is 11.6. The second-order valence-corrected chi connectivity index (χ2v) is 11.0. The first-order valence-electron chi connectivity index (χ1n) is 14.5. The molecular weight excluding hydrogens is 504 g/mol. The number of hydrogen-bond acceptors (Lipinski definition) is 5. The number of fused-ring (bicyclic) bond motifs is 3. The van der Waals surface area contributed by atoms with Crippen molar-refractivity contribution in [2.45, 2.75) is 51.5 Å². The monoisotopic (exact) mass is 538 g/mol. The minimum Gasteiger partial charge on any atom is -0.341 e. The van der Waals surface area contributed by atoms with Crippen LogP contribution in [0.2, 0.25) is 0 Å². The fourth-order valence-corrected chi connectivity index (χ4v) is 6.05. The van der Waals surface area contributed by atoms with Crippen molar-refractivity contribution in [3.8, 4) is 0 Å². The molecule has 41 heavy (non-hydrogen) atoms. The third-order valence-electron chi connectivity index (χ3n) is 8.13. The molecule has 1 atom stereocenters. The van der Waals surface area contributed by atoms with Gasteiger partial charge < -0.3 is 10.3 Å². The Morgan fingerprint density at radius 3 is 2.54 bits per heavy atom. The first-order chi connectivity index (χ1) is 20.3. The van der Waals surface area contributed by atoms with E-state index < -0.39 is 0 Å². The van der Waals surface area contributed by atoms with E-state index in [2.05, 4.69) is 105 Å². The zero-order chi connectivity index (χ0) is 27.4. The Labute approximate surface area is 240 Å². The molecule has 1 aliphatic rings. The van der Waals surface area contributed by atoms with E-state index in [4.69, 9.17) is 9.97 Å². The van der Waals surface area contributed by atoms with Crippen LogP contribution in [0.1, 0.15) is 52.8 Å². The van der Waals surface area contributed by atoms with Crippen molar-refractivity contribution in [1.29, 1.82) is 0 Å². The number of rotatable bonds is 9. The molecule has 3 heterocycles. The van der Waals surface area contributed by atoms with Gasteiger partial charge in [-0.15, -0.1) is 0 Å². The molecule has 1 aliphatic carbocycles. The van der Waals surface area contributed by atoms with Gasteiger partial charge in [0.2, 0.25) is 0 Å². The van der Waals surface area contributed by atoms with Crippen LogP contribution in [0.4, 0.5) is 0 Å². The summed E-state index contributed by atoms with van der Waals surface area (Å²) in [7, 11) is 0. The van der Waals surface area contributed by atoms with Crippen LogP contribution in [0.5, 0.6) is 0 Å². The predicted octanol–water partition coefficient (Wildman–Crippen LogP) is 6.88. The molecule has 2 N–H and O–H groups in total. The van der Waals surface area contributed by atoms with Crippen LogP contribution in [-0.4, -0.2) is 24.8 Å². The van der Waals surface area contributed by atoms with Gasteiger partial charge in [0, 0.05) is 37.4 Å². The molecule has 204 valence electrons. The number of benzene rings is 3. The van der Waals surface area contributed by atoms with E-state index in [1.165, 1.54) is 39.6 Å². The standard InChI is InChI=1S/C35H34N6/c1-2-8-29-21-38-30(19-28(29)7-1)22-36-20-25-14-16-26(17-15-25)23-41(24-34-39-31-11-3-4-12-32(31)40-34)33-13-5-9-27-10-6-18-37-35(27)33/h1-4,6-8,10-12,14-19,21,33,36H,5,9,13,20,22-24H2,(H,39,40). The number of nitrogens with zero attached hydrogens (tertiary/aromatic N) is 4. The first kappa shape index (κ1) is 25.6. The van der Waals surface area contributed by atoms with Crippen LogP contribution in [0.15, 0.2) is 103 Å². The summed E-state index contributed by atoms with van der Waals surface area (Å²) in [6, 6.07) is 32.4. The molecule has 0 saturated heterocycles. The zero-order valence-electron chi connectivity index (χ0n) is 23.1. The van der Waals surface area contributed by atoms with Crippen molar-refractivity contribution in [3.63, 3.8) is 0 Å². The Balaban J connectivity index is 1.06. The number of hydrogen-bond donors (Lipinski definition) is 2. The molecule has 0 aliphatic heterocycles. The molecule has 0 radical (unpaired) electrons. The fourth-order valence-electron chi connectivity index (χ4n) is 6.05. The van der Waals surface area contributed by atoms with E-state index >= 15 is 0 Å². The molecule has 0 saturated carbocycles. The van der Waals surface area contributed by atoms with E-state index in [9.17, 15) is 0 Å². The van der Waals surface area contributed by atoms with Crippen LogP contribution >= 0.6 is 0 Å². The lowest BCUT2D eigenvalue weighted by Crippen LogP contribution is -2.31. The van der Waals surface area contributed by atoms with Gasteiger partial charge in [-0.25, -0.2) is 4.98 Å². The number of nitrogens with one attached hydrogen (secondary N) is 2. The summed E-state index contributed by atoms with van der Waals surface area (Å²) in [6.45, 7) is 3.13. The summed E-state index contributed by atoms with van der Waals surface area (Å²) in [5.74, 6) is 0.998. The highest BCUT2D eigenvalue weighted by Crippen LogP contribution is 2.34. The van der Waals surface area contributed by atoms with Crippen molar-refractivity contribution in [1.82, 2.24) is 30.2 Å². The fraction of sp³-hybridized carbons (Fsp3) is 0.229. The van der Waals surface area contributed by atoms with Gasteiger partial charge in [-0.05, 0) is 65.6 Å². The number of aromatic nitrogens is 4. The molecule has 0 bridgehead atoms. The van der Waals surface area contributed by atoms with Crippen LogP contribution in [0.3, 0.4) is 0 Å². The molecule has 0 fully saturated rings. The molecule has 0 amide bonds. The molecule has 6 aromatic rings. The third-order valence-corrected chi connectivity index (χ3v) is 8.13. The van der Waals surface area contributed by atoms with Crippen molar-refractivity contribution in [3.05, 3.63) is 137 Å². The molecule has 0 spiro atoms. The number of para-hydroxylation sites is 2. The third kappa shape index (κ3) is 5.75. The van der Waals surface area contributed by atoms with Crippen molar-refractivity contribution in [2.24, 2.45) is 0 Å². The highest BCUT2D eigenvalue weighted by Gasteiger charge is 2.28. The average molecular weight is 539 g/mol. The van der Waals surface area contributed by atoms with E-state index in [0.29, 0.717) is 0 Å². The number of aromatic amines is 1. The maximum Gasteiger partial charge on any atom is 0.121 e. The van der Waals surface area contributed by atoms with Gasteiger partial charge in [0.15, 0.2) is 0 Å². The average Bonchev–Trinajstić information content (AvgIpc) is 3.44. The summed E-state index contributed by atoms with van der Waals surface area (Å²) in [5, 5.41) is 5.96. The molecule has 3 aromatic heterocycles. The number of imidazole rings is 1. The predicted molar refractivity (Wildman–Crippen MR) is 164 cm³/mol. The smallest absolute Gasteiger partial charge is 0.121 e. The summed E-state index contributed by atoms with van der Waals surface area (Å²) in [5.41, 5.74) is 8.31. The molecular formula is C35H34N6. The summed E-state index contributed by atoms with van der Waals surface area (Å²) in [4.78, 5) is 20.5. The summed E-state index contributed by atoms with van der Waals surface area (Å²) in [6.07, 6.45) is 7.28. The second-order valence-electron chi connectivity index (χ2n) is 11.0. The molecule has 7 rings (SSSR count). The molecule has 1 unspecified atom stereocenters. The maximum absolute atomic E-state index is 4.90. The van der Waals surface area contributed by atoms with Crippen LogP contribution in [0, 0.1) is 0 Å². The van der Waals surface area contributed by atoms with E-state index in [1.807, 2.05) is 18.5 Å². The Bertz CT molecular complexity index is 1740. The van der Waals surface area contributed by atoms with Gasteiger partial charge in [0.25, 0.3) is 0 Å². The highest BCUT2D eigenvalue weighted by atomic mass is 15.2. The minimum absolute atomic E-state index is 0.268. The Morgan fingerprint density at radius 1 is 0.805 bits per heavy atom. The summed E-state index contributed by atoms with van der Waals surface area (Å²) < 4.78 is 0. The van der Waals surface area contributed by atoms with Gasteiger partial charge in [-0.3, -0.25) is 14.9 Å². The Kier molecular flexibility index (Phi) is 7.24. The lowest BCUT2D eigenvalue weighted by atomic mass is 9.90. The van der Waals surface area contributed by atoms with E-state index in [0.717, 1.165) is 61.6 Å². The topological polar surface area (TPSA) is 69.7 Å². The first-order valence-corrected chi connectivity index (χ1v) is 14.5. The van der Waals surface area contributed by atoms with Gasteiger partial charge in [0.05, 0.1) is 35.0 Å². The van der Waals surface area contributed by atoms with E-state index in [-0.39, 0.29) is 6.04 Å². The van der Waals surface area contributed by atoms with Crippen molar-refractivity contribution < 1.29 is 0 Å². The van der Waals surface area contributed by atoms with Gasteiger partial charge in [-0.2, -0.15) is 0 Å². The van der Waals surface area contributed by atoms with Crippen LogP contribution < -0.4 is 5.32 Å². The number of H-pyrrole nitrogens is 1. The van der Waals surface area contributed by atoms with Crippen molar-refractivity contribution in [2.75, 3.05) is 0 Å². The molecule has 6 nitrogen and oxygen atoms in total. The van der Waals surface area contributed by atoms with E-state index in [1.54, 1.807) is 0 Å². The molecule has 6 heteroatoms. The van der Waals surface area contributed by atoms with Gasteiger partial charge in [-0.1, -0.05) is 66.7 Å². The Morgan fingerprint density at radius 2 is 1.63 bits per heavy atom. The van der Waals surface area contributed by atoms with Crippen LogP contribution in [-0.2, 0) is 32.6 Å². The lowest BCUT2D eigenvalue weighted by molar-refractivity contribution is 0.153. The SMILES string of the molecule is c1cnc2c(c1)CCCC2N(Cc1ccc(CNCc2cc3ccccc3cn2)cc1)Cc1nc2ccccc2[nH]1. The normalized spacial score (nSPS) is 15.0. The van der Waals surface area contributed by atoms with Crippen LogP contribution in [0.25, 0.3) is 21.8 Å². The summed E-state index contributed by atoms with van der Waals surface area (Å²) >= 11 is 0.